The number of fused-ring (bicyclic) bond motifs is 2. The number of anilines is 1. The van der Waals surface area contributed by atoms with E-state index in [1.165, 1.54) is 16.7 Å². The summed E-state index contributed by atoms with van der Waals surface area (Å²) in [5.41, 5.74) is 8.74. The molecule has 0 aliphatic carbocycles. The number of ether oxygens (including phenoxy) is 1. The van der Waals surface area contributed by atoms with Crippen molar-refractivity contribution in [1.82, 2.24) is 14.5 Å². The Hall–Kier alpha value is -3.94. The highest BCUT2D eigenvalue weighted by molar-refractivity contribution is 6.09. The van der Waals surface area contributed by atoms with E-state index in [0.29, 0.717) is 27.9 Å². The second kappa shape index (κ2) is 7.82. The number of nitrogens with two attached hydrogens (primary N) is 1. The summed E-state index contributed by atoms with van der Waals surface area (Å²) in [6.07, 6.45) is 1.61. The molecule has 8 nitrogen and oxygen atoms in total. The first-order chi connectivity index (χ1) is 14.5. The molecule has 0 saturated carbocycles. The lowest BCUT2D eigenvalue weighted by molar-refractivity contribution is -0.255. The molecule has 30 heavy (non-hydrogen) atoms. The number of unbranched alkanes of at least 4 members (excludes halogenated alkanes) is 1. The number of benzene rings is 2. The van der Waals surface area contributed by atoms with Gasteiger partial charge in [0.25, 0.3) is 0 Å². The number of nitrogens with zero attached hydrogens (tertiary/aromatic N) is 3. The van der Waals surface area contributed by atoms with E-state index in [9.17, 15) is 14.7 Å². The van der Waals surface area contributed by atoms with Gasteiger partial charge in [-0.3, -0.25) is 4.57 Å². The number of esters is 1. The summed E-state index contributed by atoms with van der Waals surface area (Å²) in [6.45, 7) is 2.26. The van der Waals surface area contributed by atoms with Crippen molar-refractivity contribution >= 4 is 40.0 Å². The Kier molecular flexibility index (Phi) is 5.05. The van der Waals surface area contributed by atoms with Gasteiger partial charge in [0.15, 0.2) is 5.65 Å². The highest BCUT2D eigenvalue weighted by atomic mass is 16.5. The van der Waals surface area contributed by atoms with Crippen molar-refractivity contribution in [2.45, 2.75) is 19.8 Å². The lowest BCUT2D eigenvalue weighted by Gasteiger charge is -2.10. The average Bonchev–Trinajstić information content (AvgIpc) is 3.03. The molecule has 0 radical (unpaired) electrons. The van der Waals surface area contributed by atoms with Crippen LogP contribution in [0.1, 0.15) is 40.5 Å². The zero-order chi connectivity index (χ0) is 21.3. The van der Waals surface area contributed by atoms with E-state index in [2.05, 4.69) is 9.97 Å². The standard InChI is InChI=1S/C22H20N4O4/c1-2-3-11-30-22(29)17-18-20(25-16-10-5-4-9-15(16)24-18)26(19(17)23)14-8-6-7-13(12-14)21(27)28/h4-10,12H,2-3,11,23H2,1H3,(H,27,28)/p-1. The quantitative estimate of drug-likeness (QED) is 0.387. The number of carboxylic acids is 1. The van der Waals surface area contributed by atoms with Crippen LogP contribution >= 0.6 is 0 Å². The van der Waals surface area contributed by atoms with Gasteiger partial charge in [-0.05, 0) is 36.2 Å². The molecule has 0 amide bonds. The Bertz CT molecular complexity index is 1280. The van der Waals surface area contributed by atoms with E-state index in [-0.39, 0.29) is 23.6 Å². The second-order valence-corrected chi connectivity index (χ2v) is 6.81. The van der Waals surface area contributed by atoms with Crippen molar-refractivity contribution in [3.63, 3.8) is 0 Å². The summed E-state index contributed by atoms with van der Waals surface area (Å²) in [5.74, 6) is -1.83. The molecule has 0 spiro atoms. The fraction of sp³-hybridized carbons (Fsp3) is 0.182. The fourth-order valence-electron chi connectivity index (χ4n) is 3.28. The molecule has 0 aliphatic rings. The molecular formula is C22H19N4O4-. The number of hydrogen-bond donors (Lipinski definition) is 1. The monoisotopic (exact) mass is 403 g/mol. The molecule has 0 aliphatic heterocycles. The molecular weight excluding hydrogens is 384 g/mol. The van der Waals surface area contributed by atoms with Gasteiger partial charge in [-0.2, -0.15) is 0 Å². The lowest BCUT2D eigenvalue weighted by Crippen LogP contribution is -2.22. The van der Waals surface area contributed by atoms with Crippen LogP contribution in [-0.4, -0.2) is 33.1 Å². The van der Waals surface area contributed by atoms with Crippen molar-refractivity contribution in [3.05, 3.63) is 59.7 Å². The van der Waals surface area contributed by atoms with Gasteiger partial charge in [-0.15, -0.1) is 0 Å². The van der Waals surface area contributed by atoms with Gasteiger partial charge in [0.1, 0.15) is 16.9 Å². The van der Waals surface area contributed by atoms with Crippen molar-refractivity contribution in [2.75, 3.05) is 12.3 Å². The minimum Gasteiger partial charge on any atom is -0.545 e. The minimum atomic E-state index is -1.32. The van der Waals surface area contributed by atoms with E-state index in [1.807, 2.05) is 19.1 Å². The third-order valence-electron chi connectivity index (χ3n) is 4.77. The molecule has 0 bridgehead atoms. The molecule has 0 fully saturated rings. The second-order valence-electron chi connectivity index (χ2n) is 6.81. The highest BCUT2D eigenvalue weighted by Crippen LogP contribution is 2.31. The number of para-hydroxylation sites is 2. The van der Waals surface area contributed by atoms with Crippen LogP contribution in [0.5, 0.6) is 0 Å². The van der Waals surface area contributed by atoms with Gasteiger partial charge in [0, 0.05) is 5.69 Å². The summed E-state index contributed by atoms with van der Waals surface area (Å²) < 4.78 is 6.89. The number of hydrogen-bond acceptors (Lipinski definition) is 7. The van der Waals surface area contributed by atoms with Crippen molar-refractivity contribution < 1.29 is 19.4 Å². The number of rotatable bonds is 6. The number of carboxylic acid groups (broad SMARTS) is 1. The Morgan fingerprint density at radius 3 is 2.53 bits per heavy atom. The van der Waals surface area contributed by atoms with Crippen molar-refractivity contribution in [2.24, 2.45) is 0 Å². The molecule has 2 N–H and O–H groups in total. The first-order valence-electron chi connectivity index (χ1n) is 9.56. The predicted octanol–water partition coefficient (Wildman–Crippen LogP) is 2.48. The van der Waals surface area contributed by atoms with Gasteiger partial charge in [-0.1, -0.05) is 37.6 Å². The fourth-order valence-corrected chi connectivity index (χ4v) is 3.28. The van der Waals surface area contributed by atoms with Crippen LogP contribution in [0.2, 0.25) is 0 Å². The Balaban J connectivity index is 1.98. The van der Waals surface area contributed by atoms with Crippen molar-refractivity contribution in [3.8, 4) is 5.69 Å². The van der Waals surface area contributed by atoms with E-state index < -0.39 is 11.9 Å². The van der Waals surface area contributed by atoms with Gasteiger partial charge in [0.05, 0.1) is 23.6 Å². The maximum absolute atomic E-state index is 12.8. The highest BCUT2D eigenvalue weighted by Gasteiger charge is 2.26. The van der Waals surface area contributed by atoms with Crippen LogP contribution in [0.25, 0.3) is 27.9 Å². The third kappa shape index (κ3) is 3.32. The van der Waals surface area contributed by atoms with Crippen LogP contribution in [0.4, 0.5) is 5.82 Å². The van der Waals surface area contributed by atoms with Crippen LogP contribution in [-0.2, 0) is 4.74 Å². The molecule has 2 aromatic heterocycles. The summed E-state index contributed by atoms with van der Waals surface area (Å²) in [5, 5.41) is 11.3. The molecule has 152 valence electrons. The average molecular weight is 403 g/mol. The van der Waals surface area contributed by atoms with E-state index >= 15 is 0 Å². The smallest absolute Gasteiger partial charge is 0.344 e. The zero-order valence-corrected chi connectivity index (χ0v) is 16.3. The molecule has 2 heterocycles. The molecule has 8 heteroatoms. The maximum Gasteiger partial charge on any atom is 0.344 e. The number of aromatic carboxylic acids is 1. The molecule has 2 aromatic carbocycles. The Labute approximate surface area is 171 Å². The molecule has 0 saturated heterocycles. The van der Waals surface area contributed by atoms with Gasteiger partial charge in [-0.25, -0.2) is 14.8 Å². The van der Waals surface area contributed by atoms with Crippen molar-refractivity contribution in [1.29, 1.82) is 0 Å². The largest absolute Gasteiger partial charge is 0.545 e. The Morgan fingerprint density at radius 1 is 1.10 bits per heavy atom. The first-order valence-corrected chi connectivity index (χ1v) is 9.56. The minimum absolute atomic E-state index is 0.0189. The van der Waals surface area contributed by atoms with E-state index in [0.717, 1.165) is 12.8 Å². The lowest BCUT2D eigenvalue weighted by atomic mass is 10.2. The van der Waals surface area contributed by atoms with Gasteiger partial charge in [0.2, 0.25) is 0 Å². The molecule has 4 rings (SSSR count). The predicted molar refractivity (Wildman–Crippen MR) is 110 cm³/mol. The number of carbonyl (C=O) groups excluding carboxylic acids is 2. The van der Waals surface area contributed by atoms with Crippen LogP contribution in [0.15, 0.2) is 48.5 Å². The number of carbonyl (C=O) groups is 2. The number of aromatic nitrogens is 3. The summed E-state index contributed by atoms with van der Waals surface area (Å²) >= 11 is 0. The summed E-state index contributed by atoms with van der Waals surface area (Å²) in [7, 11) is 0. The molecule has 0 unspecified atom stereocenters. The first kappa shape index (κ1) is 19.4. The maximum atomic E-state index is 12.8. The molecule has 0 atom stereocenters. The normalized spacial score (nSPS) is 11.1. The summed E-state index contributed by atoms with van der Waals surface area (Å²) in [6, 6.07) is 13.3. The van der Waals surface area contributed by atoms with E-state index in [4.69, 9.17) is 10.5 Å². The van der Waals surface area contributed by atoms with E-state index in [1.54, 1.807) is 24.3 Å². The Morgan fingerprint density at radius 2 is 1.83 bits per heavy atom. The zero-order valence-electron chi connectivity index (χ0n) is 16.3. The SMILES string of the molecule is CCCCOC(=O)c1c(N)n(-c2cccc(C(=O)[O-])c2)c2nc3ccccc3nc12. The number of nitrogen functional groups attached to an aromatic ring is 1. The van der Waals surface area contributed by atoms with Crippen LogP contribution < -0.4 is 10.8 Å². The van der Waals surface area contributed by atoms with Gasteiger partial charge >= 0.3 is 5.97 Å². The topological polar surface area (TPSA) is 123 Å². The van der Waals surface area contributed by atoms with Gasteiger partial charge < -0.3 is 20.4 Å². The molecule has 4 aromatic rings. The van der Waals surface area contributed by atoms with Crippen LogP contribution in [0.3, 0.4) is 0 Å². The van der Waals surface area contributed by atoms with Crippen LogP contribution in [0, 0.1) is 0 Å². The summed E-state index contributed by atoms with van der Waals surface area (Å²) in [4.78, 5) is 33.4. The third-order valence-corrected chi connectivity index (χ3v) is 4.77.